The lowest BCUT2D eigenvalue weighted by molar-refractivity contribution is -0.139. The third-order valence-electron chi connectivity index (χ3n) is 5.99. The normalized spacial score (nSPS) is 12.0. The summed E-state index contributed by atoms with van der Waals surface area (Å²) in [5.41, 5.74) is 1.14. The summed E-state index contributed by atoms with van der Waals surface area (Å²) in [6.45, 7) is 3.83. The van der Waals surface area contributed by atoms with Crippen molar-refractivity contribution in [3.05, 3.63) is 93.9 Å². The summed E-state index contributed by atoms with van der Waals surface area (Å²) in [6, 6.07) is 20.8. The molecule has 0 saturated carbocycles. The topological polar surface area (TPSA) is 86.8 Å². The Labute approximate surface area is 238 Å². The molecule has 0 bridgehead atoms. The van der Waals surface area contributed by atoms with Crippen LogP contribution >= 0.6 is 27.5 Å². The zero-order valence-electron chi connectivity index (χ0n) is 21.3. The number of unbranched alkanes of at least 4 members (excludes halogenated alkanes) is 1. The van der Waals surface area contributed by atoms with Gasteiger partial charge in [0.1, 0.15) is 12.6 Å². The number of halogens is 2. The highest BCUT2D eigenvalue weighted by molar-refractivity contribution is 9.10. The Kier molecular flexibility index (Phi) is 10.8. The van der Waals surface area contributed by atoms with Gasteiger partial charge in [-0.2, -0.15) is 0 Å². The van der Waals surface area contributed by atoms with E-state index in [1.807, 2.05) is 31.2 Å². The number of sulfonamides is 1. The molecule has 0 aliphatic carbocycles. The molecule has 3 rings (SSSR count). The van der Waals surface area contributed by atoms with Crippen LogP contribution in [0.25, 0.3) is 0 Å². The van der Waals surface area contributed by atoms with Gasteiger partial charge in [0.25, 0.3) is 10.0 Å². The van der Waals surface area contributed by atoms with Gasteiger partial charge in [0.15, 0.2) is 0 Å². The summed E-state index contributed by atoms with van der Waals surface area (Å²) in [5.74, 6) is -0.803. The largest absolute Gasteiger partial charge is 0.354 e. The number of amides is 2. The van der Waals surface area contributed by atoms with E-state index in [0.29, 0.717) is 17.3 Å². The molecular formula is C28H31BrClN3O4S. The summed E-state index contributed by atoms with van der Waals surface area (Å²) < 4.78 is 29.4. The Bertz CT molecular complexity index is 1320. The lowest BCUT2D eigenvalue weighted by Crippen LogP contribution is -2.51. The van der Waals surface area contributed by atoms with Crippen LogP contribution in [0.5, 0.6) is 0 Å². The van der Waals surface area contributed by atoms with Crippen LogP contribution in [0.2, 0.25) is 5.02 Å². The zero-order chi connectivity index (χ0) is 27.7. The molecule has 0 saturated heterocycles. The van der Waals surface area contributed by atoms with Crippen molar-refractivity contribution >= 4 is 55.1 Å². The van der Waals surface area contributed by atoms with E-state index < -0.39 is 28.5 Å². The van der Waals surface area contributed by atoms with Crippen LogP contribution in [0.3, 0.4) is 0 Å². The SMILES string of the molecule is CCCCNC(=O)[C@H](C)N(Cc1ccc(Br)cc1)C(=O)CN(c1ccccc1)S(=O)(=O)c1ccc(Cl)cc1. The van der Waals surface area contributed by atoms with Gasteiger partial charge in [0, 0.05) is 22.6 Å². The maximum absolute atomic E-state index is 13.8. The number of hydrogen-bond acceptors (Lipinski definition) is 4. The van der Waals surface area contributed by atoms with Gasteiger partial charge in [-0.1, -0.05) is 71.2 Å². The average Bonchev–Trinajstić information content (AvgIpc) is 2.91. The number of carbonyl (C=O) groups excluding carboxylic acids is 2. The van der Waals surface area contributed by atoms with E-state index in [1.165, 1.54) is 29.2 Å². The maximum atomic E-state index is 13.8. The van der Waals surface area contributed by atoms with Crippen LogP contribution in [0.4, 0.5) is 5.69 Å². The van der Waals surface area contributed by atoms with Crippen molar-refractivity contribution in [1.29, 1.82) is 0 Å². The second kappa shape index (κ2) is 13.8. The van der Waals surface area contributed by atoms with E-state index in [9.17, 15) is 18.0 Å². The first-order valence-electron chi connectivity index (χ1n) is 12.3. The highest BCUT2D eigenvalue weighted by atomic mass is 79.9. The molecule has 0 fully saturated rings. The van der Waals surface area contributed by atoms with E-state index in [4.69, 9.17) is 11.6 Å². The molecule has 0 unspecified atom stereocenters. The van der Waals surface area contributed by atoms with Crippen molar-refractivity contribution in [1.82, 2.24) is 10.2 Å². The molecule has 0 aliphatic heterocycles. The predicted molar refractivity (Wildman–Crippen MR) is 154 cm³/mol. The molecule has 10 heteroatoms. The van der Waals surface area contributed by atoms with Crippen LogP contribution in [0, 0.1) is 0 Å². The first-order chi connectivity index (χ1) is 18.1. The van der Waals surface area contributed by atoms with Gasteiger partial charge in [-0.15, -0.1) is 0 Å². The molecule has 0 spiro atoms. The lowest BCUT2D eigenvalue weighted by Gasteiger charge is -2.32. The van der Waals surface area contributed by atoms with Crippen molar-refractivity contribution in [2.45, 2.75) is 44.2 Å². The molecule has 202 valence electrons. The van der Waals surface area contributed by atoms with E-state index in [-0.39, 0.29) is 17.3 Å². The summed E-state index contributed by atoms with van der Waals surface area (Å²) in [6.07, 6.45) is 1.74. The highest BCUT2D eigenvalue weighted by Crippen LogP contribution is 2.25. The van der Waals surface area contributed by atoms with Crippen LogP contribution in [-0.4, -0.2) is 44.3 Å². The minimum Gasteiger partial charge on any atom is -0.354 e. The van der Waals surface area contributed by atoms with E-state index in [1.54, 1.807) is 37.3 Å². The van der Waals surface area contributed by atoms with Crippen LogP contribution in [-0.2, 0) is 26.2 Å². The van der Waals surface area contributed by atoms with Gasteiger partial charge in [-0.05, 0) is 67.4 Å². The van der Waals surface area contributed by atoms with Crippen molar-refractivity contribution in [2.24, 2.45) is 0 Å². The number of anilines is 1. The molecule has 3 aromatic rings. The number of nitrogens with one attached hydrogen (secondary N) is 1. The second-order valence-electron chi connectivity index (χ2n) is 8.77. The molecule has 1 atom stereocenters. The summed E-state index contributed by atoms with van der Waals surface area (Å²) >= 11 is 9.38. The number of rotatable bonds is 12. The predicted octanol–water partition coefficient (Wildman–Crippen LogP) is 5.63. The quantitative estimate of drug-likeness (QED) is 0.266. The molecule has 0 radical (unpaired) electrons. The Hall–Kier alpha value is -2.88. The fourth-order valence-corrected chi connectivity index (χ4v) is 5.57. The Morgan fingerprint density at radius 2 is 1.61 bits per heavy atom. The molecular weight excluding hydrogens is 590 g/mol. The van der Waals surface area contributed by atoms with Crippen LogP contribution in [0.1, 0.15) is 32.3 Å². The van der Waals surface area contributed by atoms with E-state index in [0.717, 1.165) is 27.2 Å². The van der Waals surface area contributed by atoms with Gasteiger partial charge >= 0.3 is 0 Å². The third kappa shape index (κ3) is 7.82. The lowest BCUT2D eigenvalue weighted by atomic mass is 10.1. The van der Waals surface area contributed by atoms with Gasteiger partial charge < -0.3 is 10.2 Å². The van der Waals surface area contributed by atoms with Crippen molar-refractivity contribution in [3.63, 3.8) is 0 Å². The minimum absolute atomic E-state index is 0.00312. The van der Waals surface area contributed by atoms with E-state index in [2.05, 4.69) is 21.2 Å². The molecule has 38 heavy (non-hydrogen) atoms. The summed E-state index contributed by atoms with van der Waals surface area (Å²) in [4.78, 5) is 28.2. The van der Waals surface area contributed by atoms with Crippen molar-refractivity contribution in [2.75, 3.05) is 17.4 Å². The summed E-state index contributed by atoms with van der Waals surface area (Å²) in [5, 5.41) is 3.27. The third-order valence-corrected chi connectivity index (χ3v) is 8.56. The zero-order valence-corrected chi connectivity index (χ0v) is 24.5. The molecule has 2 amide bonds. The smallest absolute Gasteiger partial charge is 0.264 e. The van der Waals surface area contributed by atoms with Crippen LogP contribution < -0.4 is 9.62 Å². The van der Waals surface area contributed by atoms with Gasteiger partial charge in [-0.25, -0.2) is 8.42 Å². The summed E-state index contributed by atoms with van der Waals surface area (Å²) in [7, 11) is -4.12. The molecule has 0 aliphatic rings. The van der Waals surface area contributed by atoms with Crippen molar-refractivity contribution < 1.29 is 18.0 Å². The monoisotopic (exact) mass is 619 g/mol. The minimum atomic E-state index is -4.12. The Balaban J connectivity index is 1.96. The first-order valence-corrected chi connectivity index (χ1v) is 14.9. The molecule has 3 aromatic carbocycles. The molecule has 0 aromatic heterocycles. The number of carbonyl (C=O) groups is 2. The standard InChI is InChI=1S/C28H31BrClN3O4S/c1-3-4-18-31-28(35)21(2)32(19-22-10-12-23(29)13-11-22)27(34)20-33(25-8-6-5-7-9-25)38(36,37)26-16-14-24(30)15-17-26/h5-17,21H,3-4,18-20H2,1-2H3,(H,31,35)/t21-/m0/s1. The fourth-order valence-electron chi connectivity index (χ4n) is 3.76. The first kappa shape index (κ1) is 29.7. The van der Waals surface area contributed by atoms with Gasteiger partial charge in [0.2, 0.25) is 11.8 Å². The molecule has 0 heterocycles. The maximum Gasteiger partial charge on any atom is 0.264 e. The molecule has 7 nitrogen and oxygen atoms in total. The Morgan fingerprint density at radius 1 is 0.974 bits per heavy atom. The van der Waals surface area contributed by atoms with Crippen LogP contribution in [0.15, 0.2) is 88.2 Å². The second-order valence-corrected chi connectivity index (χ2v) is 12.0. The Morgan fingerprint density at radius 3 is 2.21 bits per heavy atom. The van der Waals surface area contributed by atoms with Gasteiger partial charge in [0.05, 0.1) is 10.6 Å². The number of nitrogens with zero attached hydrogens (tertiary/aromatic N) is 2. The number of hydrogen-bond donors (Lipinski definition) is 1. The van der Waals surface area contributed by atoms with Crippen molar-refractivity contribution in [3.8, 4) is 0 Å². The fraction of sp³-hybridized carbons (Fsp3) is 0.286. The highest BCUT2D eigenvalue weighted by Gasteiger charge is 2.32. The van der Waals surface area contributed by atoms with E-state index >= 15 is 0 Å². The average molecular weight is 621 g/mol. The van der Waals surface area contributed by atoms with Gasteiger partial charge in [-0.3, -0.25) is 13.9 Å². The number of benzene rings is 3. The number of para-hydroxylation sites is 1. The molecule has 1 N–H and O–H groups in total.